The number of hydrogen-bond acceptors (Lipinski definition) is 9. The summed E-state index contributed by atoms with van der Waals surface area (Å²) in [5.41, 5.74) is 0.618. The van der Waals surface area contributed by atoms with Gasteiger partial charge in [-0.1, -0.05) is 18.3 Å². The zero-order valence-electron chi connectivity index (χ0n) is 17.2. The van der Waals surface area contributed by atoms with E-state index < -0.39 is 12.0 Å². The van der Waals surface area contributed by atoms with Crippen LogP contribution in [0.25, 0.3) is 10.3 Å². The van der Waals surface area contributed by atoms with Gasteiger partial charge in [-0.3, -0.25) is 4.79 Å². The lowest BCUT2D eigenvalue weighted by Crippen LogP contribution is -2.48. The third kappa shape index (κ3) is 3.72. The van der Waals surface area contributed by atoms with Crippen LogP contribution in [-0.4, -0.2) is 61.8 Å². The Hall–Kier alpha value is -3.03. The van der Waals surface area contributed by atoms with E-state index in [1.54, 1.807) is 4.90 Å². The number of piperazine rings is 1. The summed E-state index contributed by atoms with van der Waals surface area (Å²) in [5.74, 6) is 0.0785. The highest BCUT2D eigenvalue weighted by atomic mass is 32.1. The van der Waals surface area contributed by atoms with Crippen LogP contribution in [-0.2, 0) is 30.5 Å². The van der Waals surface area contributed by atoms with E-state index in [1.165, 1.54) is 11.3 Å². The van der Waals surface area contributed by atoms with Gasteiger partial charge in [-0.05, 0) is 12.8 Å². The Morgan fingerprint density at radius 1 is 1.06 bits per heavy atom. The Balaban J connectivity index is 1.54. The Morgan fingerprint density at radius 3 is 2.66 bits per heavy atom. The van der Waals surface area contributed by atoms with E-state index >= 15 is 0 Å². The number of nitrogens with zero attached hydrogens (tertiary/aromatic N) is 8. The van der Waals surface area contributed by atoms with Crippen molar-refractivity contribution in [2.24, 2.45) is 0 Å². The molecule has 0 saturated carbocycles. The molecule has 10 nitrogen and oxygen atoms in total. The number of aryl methyl sites for hydroxylation is 1. The molecule has 0 aliphatic carbocycles. The summed E-state index contributed by atoms with van der Waals surface area (Å²) >= 11 is 1.47. The summed E-state index contributed by atoms with van der Waals surface area (Å²) in [7, 11) is 0. The van der Waals surface area contributed by atoms with Crippen molar-refractivity contribution in [3.05, 3.63) is 16.7 Å². The fraction of sp³-hybridized carbons (Fsp3) is 0.556. The Morgan fingerprint density at radius 2 is 1.91 bits per heavy atom. The predicted molar refractivity (Wildman–Crippen MR) is 111 cm³/mol. The summed E-state index contributed by atoms with van der Waals surface area (Å²) < 4.78 is 40.7. The molecule has 5 heterocycles. The summed E-state index contributed by atoms with van der Waals surface area (Å²) in [5, 5.41) is 10.8. The second-order valence-electron chi connectivity index (χ2n) is 7.64. The Kier molecular flexibility index (Phi) is 5.10. The first-order valence-electron chi connectivity index (χ1n) is 10.3. The average molecular weight is 467 g/mol. The second kappa shape index (κ2) is 7.83. The van der Waals surface area contributed by atoms with Crippen molar-refractivity contribution < 1.29 is 18.0 Å². The van der Waals surface area contributed by atoms with E-state index in [9.17, 15) is 18.0 Å². The topological polar surface area (TPSA) is 105 Å². The van der Waals surface area contributed by atoms with Crippen molar-refractivity contribution in [3.63, 3.8) is 0 Å². The minimum Gasteiger partial charge on any atom is -0.353 e. The number of amides is 1. The lowest BCUT2D eigenvalue weighted by Gasteiger charge is -2.31. The molecule has 1 saturated heterocycles. The first kappa shape index (κ1) is 20.8. The van der Waals surface area contributed by atoms with E-state index in [4.69, 9.17) is 9.97 Å². The third-order valence-electron chi connectivity index (χ3n) is 5.36. The summed E-state index contributed by atoms with van der Waals surface area (Å²) in [6.45, 7) is 3.76. The molecule has 1 amide bonds. The number of anilines is 2. The van der Waals surface area contributed by atoms with Crippen molar-refractivity contribution in [2.75, 3.05) is 36.0 Å². The molecule has 1 fully saturated rings. The lowest BCUT2D eigenvalue weighted by molar-refractivity contribution is -0.147. The number of rotatable bonds is 4. The van der Waals surface area contributed by atoms with Crippen LogP contribution >= 0.6 is 11.3 Å². The van der Waals surface area contributed by atoms with E-state index in [0.717, 1.165) is 22.4 Å². The molecule has 1 N–H and O–H groups in total. The Bertz CT molecular complexity index is 1170. The van der Waals surface area contributed by atoms with Crippen LogP contribution < -0.4 is 15.1 Å². The number of carbonyl (C=O) groups is 1. The number of hydrogen-bond donors (Lipinski definition) is 1. The van der Waals surface area contributed by atoms with Crippen molar-refractivity contribution in [3.8, 4) is 0 Å². The summed E-state index contributed by atoms with van der Waals surface area (Å²) in [4.78, 5) is 30.3. The summed E-state index contributed by atoms with van der Waals surface area (Å²) in [6.07, 6.45) is -2.83. The van der Waals surface area contributed by atoms with Gasteiger partial charge in [-0.25, -0.2) is 4.98 Å². The van der Waals surface area contributed by atoms with Crippen LogP contribution in [0.3, 0.4) is 0 Å². The molecule has 32 heavy (non-hydrogen) atoms. The van der Waals surface area contributed by atoms with Gasteiger partial charge in [0.1, 0.15) is 5.52 Å². The van der Waals surface area contributed by atoms with Gasteiger partial charge in [0.15, 0.2) is 16.5 Å². The number of fused-ring (bicyclic) bond motifs is 2. The van der Waals surface area contributed by atoms with Gasteiger partial charge in [0.25, 0.3) is 0 Å². The van der Waals surface area contributed by atoms with Crippen molar-refractivity contribution in [1.82, 2.24) is 35.0 Å². The minimum absolute atomic E-state index is 0.0794. The number of carbonyl (C=O) groups excluding carboxylic acids is 1. The number of halogens is 3. The molecular weight excluding hydrogens is 447 g/mol. The first-order chi connectivity index (χ1) is 15.3. The van der Waals surface area contributed by atoms with Gasteiger partial charge in [0.05, 0.1) is 18.1 Å². The van der Waals surface area contributed by atoms with E-state index in [2.05, 4.69) is 27.4 Å². The van der Waals surface area contributed by atoms with E-state index in [1.807, 2.05) is 4.90 Å². The maximum Gasteiger partial charge on any atom is 0.451 e. The molecule has 2 aliphatic rings. The molecular formula is C18H20F3N9OS. The largest absolute Gasteiger partial charge is 0.451 e. The maximum atomic E-state index is 13.2. The van der Waals surface area contributed by atoms with Crippen LogP contribution in [0.5, 0.6) is 0 Å². The third-order valence-corrected chi connectivity index (χ3v) is 6.37. The van der Waals surface area contributed by atoms with Crippen molar-refractivity contribution >= 4 is 39.4 Å². The minimum atomic E-state index is -4.55. The monoisotopic (exact) mass is 467 g/mol. The molecule has 3 aromatic rings. The van der Waals surface area contributed by atoms with Crippen molar-refractivity contribution in [1.29, 1.82) is 0 Å². The number of nitrogens with one attached hydrogen (secondary N) is 1. The molecule has 0 spiro atoms. The van der Waals surface area contributed by atoms with Gasteiger partial charge in [-0.2, -0.15) is 23.1 Å². The zero-order valence-corrected chi connectivity index (χ0v) is 18.0. The van der Waals surface area contributed by atoms with Crippen LogP contribution in [0, 0.1) is 0 Å². The first-order valence-corrected chi connectivity index (χ1v) is 11.1. The normalized spacial score (nSPS) is 17.1. The molecule has 0 atom stereocenters. The molecule has 5 rings (SSSR count). The molecule has 0 unspecified atom stereocenters. The van der Waals surface area contributed by atoms with Crippen LogP contribution in [0.4, 0.5) is 24.9 Å². The smallest absolute Gasteiger partial charge is 0.353 e. The highest BCUT2D eigenvalue weighted by Gasteiger charge is 2.40. The van der Waals surface area contributed by atoms with E-state index in [-0.39, 0.29) is 31.4 Å². The second-order valence-corrected chi connectivity index (χ2v) is 8.70. The van der Waals surface area contributed by atoms with Crippen molar-refractivity contribution in [2.45, 2.75) is 39.0 Å². The lowest BCUT2D eigenvalue weighted by atomic mass is 10.3. The van der Waals surface area contributed by atoms with E-state index in [0.29, 0.717) is 41.7 Å². The SMILES string of the molecule is CCCc1nc2c(N3CCn4c(nnc4C(F)(F)F)C3)nc(N3CCNC(=O)C3)nc2s1. The highest BCUT2D eigenvalue weighted by molar-refractivity contribution is 7.18. The zero-order chi connectivity index (χ0) is 22.5. The van der Waals surface area contributed by atoms with Gasteiger partial charge >= 0.3 is 6.18 Å². The maximum absolute atomic E-state index is 13.2. The van der Waals surface area contributed by atoms with Gasteiger partial charge in [-0.15, -0.1) is 10.2 Å². The molecule has 0 aromatic carbocycles. The molecule has 0 radical (unpaired) electrons. The number of aromatic nitrogens is 6. The van der Waals surface area contributed by atoms with Crippen LogP contribution in [0.2, 0.25) is 0 Å². The van der Waals surface area contributed by atoms with Gasteiger partial charge in [0.2, 0.25) is 17.7 Å². The van der Waals surface area contributed by atoms with Crippen LogP contribution in [0.1, 0.15) is 30.0 Å². The summed E-state index contributed by atoms with van der Waals surface area (Å²) in [6, 6.07) is 0. The van der Waals surface area contributed by atoms with Crippen LogP contribution in [0.15, 0.2) is 0 Å². The predicted octanol–water partition coefficient (Wildman–Crippen LogP) is 1.61. The number of thiazole rings is 1. The van der Waals surface area contributed by atoms with Gasteiger partial charge < -0.3 is 19.7 Å². The average Bonchev–Trinajstić information content (AvgIpc) is 3.36. The number of alkyl halides is 3. The molecule has 0 bridgehead atoms. The fourth-order valence-corrected chi connectivity index (χ4v) is 4.91. The molecule has 3 aromatic heterocycles. The molecule has 14 heteroatoms. The standard InChI is InChI=1S/C18H20F3N9OS/c1-2-3-12-23-13-14(24-17(25-15(13)32-12)29-5-4-22-11(31)9-29)28-6-7-30-10(8-28)26-27-16(30)18(19,20)21/h2-9H2,1H3,(H,22,31). The molecule has 170 valence electrons. The fourth-order valence-electron chi connectivity index (χ4n) is 3.88. The Labute approximate surface area is 184 Å². The molecule has 2 aliphatic heterocycles. The van der Waals surface area contributed by atoms with Gasteiger partial charge in [0, 0.05) is 26.2 Å². The highest BCUT2D eigenvalue weighted by Crippen LogP contribution is 2.34. The quantitative estimate of drug-likeness (QED) is 0.617.